The summed E-state index contributed by atoms with van der Waals surface area (Å²) >= 11 is 0. The van der Waals surface area contributed by atoms with Gasteiger partial charge in [-0.2, -0.15) is 0 Å². The first-order chi connectivity index (χ1) is 30.1. The Hall–Kier alpha value is -3.49. The molecule has 0 aromatic rings. The van der Waals surface area contributed by atoms with Crippen LogP contribution in [0.15, 0.2) is 85.1 Å². The van der Waals surface area contributed by atoms with E-state index < -0.39 is 18.1 Å². The van der Waals surface area contributed by atoms with E-state index in [0.717, 1.165) is 89.9 Å². The summed E-state index contributed by atoms with van der Waals surface area (Å²) < 4.78 is 17.3. The Morgan fingerprint density at radius 1 is 0.500 bits per heavy atom. The molecule has 8 nitrogen and oxygen atoms in total. The van der Waals surface area contributed by atoms with Crippen molar-refractivity contribution in [1.29, 1.82) is 0 Å². The van der Waals surface area contributed by atoms with Crippen LogP contribution in [0.4, 0.5) is 0 Å². The van der Waals surface area contributed by atoms with Gasteiger partial charge in [-0.15, -0.1) is 0 Å². The second-order valence-corrected chi connectivity index (χ2v) is 17.3. The quantitative estimate of drug-likeness (QED) is 0.0282. The fourth-order valence-electron chi connectivity index (χ4n) is 6.74. The van der Waals surface area contributed by atoms with E-state index in [-0.39, 0.29) is 42.7 Å². The summed E-state index contributed by atoms with van der Waals surface area (Å²) in [7, 11) is 5.51. The first-order valence-electron chi connectivity index (χ1n) is 24.6. The largest absolute Gasteiger partial charge is 0.477 e. The van der Waals surface area contributed by atoms with Crippen molar-refractivity contribution < 1.29 is 38.2 Å². The Kier molecular flexibility index (Phi) is 41.6. The van der Waals surface area contributed by atoms with Crippen molar-refractivity contribution >= 4 is 17.9 Å². The second-order valence-electron chi connectivity index (χ2n) is 17.3. The Balaban J connectivity index is 4.38. The number of carbonyl (C=O) groups excluding carboxylic acids is 2. The number of aliphatic carboxylic acids is 1. The number of hydrogen-bond acceptors (Lipinski definition) is 6. The third-order valence-electron chi connectivity index (χ3n) is 10.5. The van der Waals surface area contributed by atoms with E-state index in [1.165, 1.54) is 57.8 Å². The smallest absolute Gasteiger partial charge is 0.362 e. The van der Waals surface area contributed by atoms with E-state index in [1.54, 1.807) is 0 Å². The van der Waals surface area contributed by atoms with Gasteiger partial charge in [0, 0.05) is 19.3 Å². The molecule has 0 fully saturated rings. The Bertz CT molecular complexity index is 1290. The SMILES string of the molecule is CC/C=C/C/C=C/C/C=C/C/C=C/C/C=C/C/C=C/CCCCCC(=O)OC(COCCC(C(=O)O)[N+](C)(C)C)COC(=O)CCCCCCC/C=C/CCCCCCCCC. The van der Waals surface area contributed by atoms with Crippen LogP contribution in [-0.4, -0.2) is 80.6 Å². The van der Waals surface area contributed by atoms with Gasteiger partial charge in [0.2, 0.25) is 0 Å². The topological polar surface area (TPSA) is 99.1 Å². The predicted octanol–water partition coefficient (Wildman–Crippen LogP) is 14.1. The summed E-state index contributed by atoms with van der Waals surface area (Å²) in [4.78, 5) is 37.1. The fourth-order valence-corrected chi connectivity index (χ4v) is 6.74. The molecule has 0 aromatic carbocycles. The zero-order chi connectivity index (χ0) is 45.6. The maximum atomic E-state index is 12.8. The van der Waals surface area contributed by atoms with E-state index in [2.05, 4.69) is 98.9 Å². The minimum Gasteiger partial charge on any atom is -0.477 e. The third kappa shape index (κ3) is 41.8. The average Bonchev–Trinajstić information content (AvgIpc) is 3.23. The molecule has 0 aliphatic carbocycles. The van der Waals surface area contributed by atoms with Crippen molar-refractivity contribution in [1.82, 2.24) is 0 Å². The number of allylic oxidation sites excluding steroid dienone is 14. The number of likely N-dealkylation sites (N-methyl/N-ethyl adjacent to an activating group) is 1. The highest BCUT2D eigenvalue weighted by Gasteiger charge is 2.31. The minimum absolute atomic E-state index is 0.0404. The van der Waals surface area contributed by atoms with Crippen LogP contribution in [0.2, 0.25) is 0 Å². The summed E-state index contributed by atoms with van der Waals surface area (Å²) in [6.07, 6.45) is 57.7. The zero-order valence-corrected chi connectivity index (χ0v) is 40.3. The summed E-state index contributed by atoms with van der Waals surface area (Å²) in [6.45, 7) is 4.57. The first-order valence-corrected chi connectivity index (χ1v) is 24.6. The van der Waals surface area contributed by atoms with Crippen LogP contribution >= 0.6 is 0 Å². The molecule has 0 amide bonds. The van der Waals surface area contributed by atoms with E-state index in [4.69, 9.17) is 14.2 Å². The number of ether oxygens (including phenoxy) is 3. The summed E-state index contributed by atoms with van der Waals surface area (Å²) in [6, 6.07) is -0.627. The van der Waals surface area contributed by atoms with Crippen LogP contribution in [0.3, 0.4) is 0 Å². The number of hydrogen-bond donors (Lipinski definition) is 1. The number of carboxylic acids is 1. The number of quaternary nitrogens is 1. The highest BCUT2D eigenvalue weighted by Crippen LogP contribution is 2.13. The highest BCUT2D eigenvalue weighted by atomic mass is 16.6. The average molecular weight is 867 g/mol. The van der Waals surface area contributed by atoms with Gasteiger partial charge in [0.1, 0.15) is 6.61 Å². The number of esters is 2. The van der Waals surface area contributed by atoms with Crippen molar-refractivity contribution in [3.05, 3.63) is 85.1 Å². The summed E-state index contributed by atoms with van der Waals surface area (Å²) in [5, 5.41) is 9.64. The monoisotopic (exact) mass is 867 g/mol. The molecule has 0 aromatic heterocycles. The molecule has 0 saturated carbocycles. The van der Waals surface area contributed by atoms with E-state index in [0.29, 0.717) is 19.3 Å². The maximum absolute atomic E-state index is 12.8. The van der Waals surface area contributed by atoms with Gasteiger partial charge in [-0.1, -0.05) is 163 Å². The van der Waals surface area contributed by atoms with Crippen molar-refractivity contribution in [2.75, 3.05) is 41.0 Å². The third-order valence-corrected chi connectivity index (χ3v) is 10.5. The fraction of sp³-hybridized carbons (Fsp3) is 0.685. The number of nitrogens with zero attached hydrogens (tertiary/aromatic N) is 1. The lowest BCUT2D eigenvalue weighted by molar-refractivity contribution is -0.887. The predicted molar refractivity (Wildman–Crippen MR) is 261 cm³/mol. The molecule has 2 unspecified atom stereocenters. The Labute approximate surface area is 380 Å². The van der Waals surface area contributed by atoms with Crippen molar-refractivity contribution in [2.24, 2.45) is 0 Å². The molecule has 0 aliphatic heterocycles. The van der Waals surface area contributed by atoms with Crippen LogP contribution in [-0.2, 0) is 28.6 Å². The van der Waals surface area contributed by atoms with Crippen LogP contribution in [0.25, 0.3) is 0 Å². The van der Waals surface area contributed by atoms with Gasteiger partial charge in [-0.3, -0.25) is 9.59 Å². The van der Waals surface area contributed by atoms with Gasteiger partial charge in [0.25, 0.3) is 0 Å². The van der Waals surface area contributed by atoms with E-state index >= 15 is 0 Å². The number of unbranched alkanes of at least 4 members (excludes halogenated alkanes) is 15. The number of carboxylic acid groups (broad SMARTS) is 1. The zero-order valence-electron chi connectivity index (χ0n) is 40.3. The van der Waals surface area contributed by atoms with Gasteiger partial charge in [0.15, 0.2) is 12.1 Å². The first kappa shape index (κ1) is 58.5. The normalized spacial score (nSPS) is 13.6. The van der Waals surface area contributed by atoms with Crippen LogP contribution in [0.1, 0.15) is 187 Å². The molecule has 0 bridgehead atoms. The molecule has 62 heavy (non-hydrogen) atoms. The van der Waals surface area contributed by atoms with Crippen LogP contribution in [0, 0.1) is 0 Å². The van der Waals surface area contributed by atoms with E-state index in [1.807, 2.05) is 21.1 Å². The lowest BCUT2D eigenvalue weighted by Crippen LogP contribution is -2.50. The molecule has 0 aliphatic rings. The second kappa shape index (κ2) is 44.1. The van der Waals surface area contributed by atoms with Crippen molar-refractivity contribution in [3.63, 3.8) is 0 Å². The van der Waals surface area contributed by atoms with Gasteiger partial charge in [-0.25, -0.2) is 4.79 Å². The number of rotatable bonds is 43. The Morgan fingerprint density at radius 3 is 1.37 bits per heavy atom. The molecule has 0 spiro atoms. The lowest BCUT2D eigenvalue weighted by atomic mass is 10.1. The van der Waals surface area contributed by atoms with Gasteiger partial charge < -0.3 is 23.8 Å². The van der Waals surface area contributed by atoms with Crippen molar-refractivity contribution in [2.45, 2.75) is 199 Å². The molecule has 1 N–H and O–H groups in total. The Morgan fingerprint density at radius 2 is 0.903 bits per heavy atom. The molecule has 0 heterocycles. The van der Waals surface area contributed by atoms with Crippen LogP contribution < -0.4 is 0 Å². The maximum Gasteiger partial charge on any atom is 0.362 e. The van der Waals surface area contributed by atoms with E-state index in [9.17, 15) is 19.5 Å². The number of carbonyl (C=O) groups is 3. The molecule has 0 radical (unpaired) electrons. The molecule has 0 rings (SSSR count). The van der Waals surface area contributed by atoms with Gasteiger partial charge >= 0.3 is 17.9 Å². The van der Waals surface area contributed by atoms with Gasteiger partial charge in [0.05, 0.1) is 34.4 Å². The molecule has 2 atom stereocenters. The molecular formula is C54H92NO7+. The highest BCUT2D eigenvalue weighted by molar-refractivity contribution is 5.72. The minimum atomic E-state index is -0.884. The standard InChI is InChI=1S/C54H91NO7/c1-6-8-10-12-14-16-18-20-22-24-25-26-27-28-29-31-33-35-37-39-41-43-45-53(57)62-50(48-60-47-46-51(54(58)59)55(3,4)5)49-61-52(56)44-42-40-38-36-34-32-30-23-21-19-17-15-13-11-9-7-2/h8,10,14,16,20,22-23,25-26,28-30,33,35,50-51H,6-7,9,11-13,15,17-19,21,24,27,31-32,34,36-49H2,1-5H3/p+1/b10-8+,16-14+,22-20+,26-25+,29-28+,30-23+,35-33+. The summed E-state index contributed by atoms with van der Waals surface area (Å²) in [5.41, 5.74) is 0. The molecule has 8 heteroatoms. The molecule has 354 valence electrons. The molecule has 0 saturated heterocycles. The van der Waals surface area contributed by atoms with Gasteiger partial charge in [-0.05, 0) is 89.9 Å². The molecular weight excluding hydrogens is 775 g/mol. The van der Waals surface area contributed by atoms with Crippen LogP contribution in [0.5, 0.6) is 0 Å². The lowest BCUT2D eigenvalue weighted by Gasteiger charge is -2.31. The summed E-state index contributed by atoms with van der Waals surface area (Å²) in [5.74, 6) is -1.53. The van der Waals surface area contributed by atoms with Crippen molar-refractivity contribution in [3.8, 4) is 0 Å².